The monoisotopic (exact) mass is 332 g/mol. The van der Waals surface area contributed by atoms with Gasteiger partial charge < -0.3 is 4.98 Å². The highest BCUT2D eigenvalue weighted by Crippen LogP contribution is 2.28. The molecule has 0 saturated heterocycles. The summed E-state index contributed by atoms with van der Waals surface area (Å²) < 4.78 is 11.9. The molecule has 0 bridgehead atoms. The number of H-pyrrole nitrogens is 1. The number of benzene rings is 3. The van der Waals surface area contributed by atoms with Gasteiger partial charge >= 0.3 is 0 Å². The number of hydrogen-bond acceptors (Lipinski definition) is 2. The average Bonchev–Trinajstić information content (AvgIpc) is 3.06. The molecule has 4 aromatic rings. The zero-order chi connectivity index (χ0) is 16.5. The van der Waals surface area contributed by atoms with Gasteiger partial charge in [-0.25, -0.2) is 4.98 Å². The quantitative estimate of drug-likeness (QED) is 0.594. The fourth-order valence-electron chi connectivity index (χ4n) is 2.85. The predicted molar refractivity (Wildman–Crippen MR) is 99.3 cm³/mol. The minimum absolute atomic E-state index is 0.856. The first-order valence-corrected chi connectivity index (χ1v) is 9.26. The van der Waals surface area contributed by atoms with E-state index in [0.29, 0.717) is 0 Å². The maximum absolute atomic E-state index is 11.9. The molecule has 0 amide bonds. The lowest BCUT2D eigenvalue weighted by Crippen LogP contribution is -1.91. The summed E-state index contributed by atoms with van der Waals surface area (Å²) in [7, 11) is -1.01. The van der Waals surface area contributed by atoms with Crippen LogP contribution in [0.15, 0.2) is 77.7 Å². The standard InChI is InChI=1S/C20H16N2OS/c1-24(23)19-9-5-2-6-16(19)14-10-12-15(13-11-14)20-21-17-7-3-4-8-18(17)22-20/h2-13H,1H3,(H,21,22). The molecule has 3 aromatic carbocycles. The van der Waals surface area contributed by atoms with E-state index in [1.807, 2.05) is 72.8 Å². The summed E-state index contributed by atoms with van der Waals surface area (Å²) in [5.41, 5.74) is 5.09. The molecule has 4 heteroatoms. The van der Waals surface area contributed by atoms with E-state index in [1.54, 1.807) is 6.26 Å². The molecule has 1 aromatic heterocycles. The summed E-state index contributed by atoms with van der Waals surface area (Å²) in [6, 6.07) is 24.0. The third-order valence-electron chi connectivity index (χ3n) is 4.06. The second-order valence-corrected chi connectivity index (χ2v) is 6.98. The van der Waals surface area contributed by atoms with Crippen molar-refractivity contribution >= 4 is 21.8 Å². The topological polar surface area (TPSA) is 45.8 Å². The first-order chi connectivity index (χ1) is 11.7. The van der Waals surface area contributed by atoms with E-state index < -0.39 is 10.8 Å². The van der Waals surface area contributed by atoms with Gasteiger partial charge in [0.25, 0.3) is 0 Å². The summed E-state index contributed by atoms with van der Waals surface area (Å²) in [4.78, 5) is 8.82. The molecule has 0 saturated carbocycles. The van der Waals surface area contributed by atoms with Gasteiger partial charge in [-0.3, -0.25) is 4.21 Å². The molecule has 1 heterocycles. The molecular formula is C20H16N2OS. The Balaban J connectivity index is 1.74. The van der Waals surface area contributed by atoms with Crippen molar-refractivity contribution in [1.82, 2.24) is 9.97 Å². The van der Waals surface area contributed by atoms with Crippen LogP contribution in [0.5, 0.6) is 0 Å². The summed E-state index contributed by atoms with van der Waals surface area (Å²) >= 11 is 0. The SMILES string of the molecule is CS(=O)c1ccccc1-c1ccc(-c2nc3ccccc3[nH]2)cc1. The Morgan fingerprint density at radius 1 is 0.833 bits per heavy atom. The first kappa shape index (κ1) is 14.8. The highest BCUT2D eigenvalue weighted by molar-refractivity contribution is 7.84. The molecule has 1 unspecified atom stereocenters. The summed E-state index contributed by atoms with van der Waals surface area (Å²) in [5, 5.41) is 0. The van der Waals surface area contributed by atoms with E-state index in [4.69, 9.17) is 0 Å². The van der Waals surface area contributed by atoms with E-state index in [0.717, 1.165) is 38.4 Å². The van der Waals surface area contributed by atoms with Gasteiger partial charge in [0.1, 0.15) is 5.82 Å². The zero-order valence-corrected chi connectivity index (χ0v) is 14.0. The number of para-hydroxylation sites is 2. The number of hydrogen-bond donors (Lipinski definition) is 1. The van der Waals surface area contributed by atoms with Crippen LogP contribution >= 0.6 is 0 Å². The Kier molecular flexibility index (Phi) is 3.75. The van der Waals surface area contributed by atoms with Gasteiger partial charge in [-0.05, 0) is 29.3 Å². The molecule has 24 heavy (non-hydrogen) atoms. The lowest BCUT2D eigenvalue weighted by Gasteiger charge is -2.08. The number of imidazole rings is 1. The Hall–Kier alpha value is -2.72. The minimum Gasteiger partial charge on any atom is -0.338 e. The number of aromatic nitrogens is 2. The second-order valence-electron chi connectivity index (χ2n) is 5.63. The van der Waals surface area contributed by atoms with Crippen LogP contribution in [0.3, 0.4) is 0 Å². The fraction of sp³-hybridized carbons (Fsp3) is 0.0500. The summed E-state index contributed by atoms with van der Waals surface area (Å²) in [5.74, 6) is 0.857. The van der Waals surface area contributed by atoms with Crippen LogP contribution in [-0.4, -0.2) is 20.4 Å². The average molecular weight is 332 g/mol. The van der Waals surface area contributed by atoms with Crippen LogP contribution in [0.4, 0.5) is 0 Å². The predicted octanol–water partition coefficient (Wildman–Crippen LogP) is 4.63. The summed E-state index contributed by atoms with van der Waals surface area (Å²) in [6.07, 6.45) is 1.71. The normalized spacial score (nSPS) is 12.4. The Labute approximate surface area is 142 Å². The lowest BCUT2D eigenvalue weighted by molar-refractivity contribution is 0.687. The van der Waals surface area contributed by atoms with Crippen molar-refractivity contribution in [3.05, 3.63) is 72.8 Å². The molecule has 118 valence electrons. The maximum Gasteiger partial charge on any atom is 0.138 e. The smallest absolute Gasteiger partial charge is 0.138 e. The van der Waals surface area contributed by atoms with Gasteiger partial charge in [-0.15, -0.1) is 0 Å². The number of fused-ring (bicyclic) bond motifs is 1. The van der Waals surface area contributed by atoms with E-state index >= 15 is 0 Å². The van der Waals surface area contributed by atoms with Crippen molar-refractivity contribution in [1.29, 1.82) is 0 Å². The van der Waals surface area contributed by atoms with Gasteiger partial charge in [0.2, 0.25) is 0 Å². The third-order valence-corrected chi connectivity index (χ3v) is 5.03. The number of nitrogens with one attached hydrogen (secondary N) is 1. The molecule has 3 nitrogen and oxygen atoms in total. The van der Waals surface area contributed by atoms with Crippen LogP contribution in [0.25, 0.3) is 33.5 Å². The molecule has 0 aliphatic heterocycles. The second kappa shape index (κ2) is 6.06. The van der Waals surface area contributed by atoms with E-state index in [2.05, 4.69) is 9.97 Å². The van der Waals surface area contributed by atoms with Crippen LogP contribution in [-0.2, 0) is 10.8 Å². The van der Waals surface area contributed by atoms with E-state index in [-0.39, 0.29) is 0 Å². The van der Waals surface area contributed by atoms with Gasteiger partial charge in [0, 0.05) is 16.7 Å². The van der Waals surface area contributed by atoms with E-state index in [9.17, 15) is 4.21 Å². The number of rotatable bonds is 3. The molecular weight excluding hydrogens is 316 g/mol. The van der Waals surface area contributed by atoms with E-state index in [1.165, 1.54) is 0 Å². The van der Waals surface area contributed by atoms with Crippen LogP contribution in [0, 0.1) is 0 Å². The number of nitrogens with zero attached hydrogens (tertiary/aromatic N) is 1. The number of aromatic amines is 1. The summed E-state index contributed by atoms with van der Waals surface area (Å²) in [6.45, 7) is 0. The van der Waals surface area contributed by atoms with Crippen LogP contribution < -0.4 is 0 Å². The largest absolute Gasteiger partial charge is 0.338 e. The molecule has 1 atom stereocenters. The molecule has 0 aliphatic carbocycles. The van der Waals surface area contributed by atoms with Gasteiger partial charge in [-0.2, -0.15) is 0 Å². The van der Waals surface area contributed by atoms with Gasteiger partial charge in [-0.1, -0.05) is 54.6 Å². The van der Waals surface area contributed by atoms with Crippen molar-refractivity contribution in [3.8, 4) is 22.5 Å². The maximum atomic E-state index is 11.9. The Morgan fingerprint density at radius 3 is 2.25 bits per heavy atom. The minimum atomic E-state index is -1.01. The molecule has 1 N–H and O–H groups in total. The molecule has 4 rings (SSSR count). The third kappa shape index (κ3) is 2.65. The fourth-order valence-corrected chi connectivity index (χ4v) is 3.62. The van der Waals surface area contributed by atoms with Crippen LogP contribution in [0.2, 0.25) is 0 Å². The Morgan fingerprint density at radius 2 is 1.50 bits per heavy atom. The van der Waals surface area contributed by atoms with Gasteiger partial charge in [0.15, 0.2) is 0 Å². The zero-order valence-electron chi connectivity index (χ0n) is 13.2. The van der Waals surface area contributed by atoms with Crippen molar-refractivity contribution in [3.63, 3.8) is 0 Å². The van der Waals surface area contributed by atoms with Crippen molar-refractivity contribution in [2.45, 2.75) is 4.90 Å². The molecule has 0 fully saturated rings. The highest BCUT2D eigenvalue weighted by atomic mass is 32.2. The van der Waals surface area contributed by atoms with Gasteiger partial charge in [0.05, 0.1) is 21.8 Å². The van der Waals surface area contributed by atoms with Crippen LogP contribution in [0.1, 0.15) is 0 Å². The Bertz CT molecular complexity index is 1000. The lowest BCUT2D eigenvalue weighted by atomic mass is 10.0. The van der Waals surface area contributed by atoms with Crippen molar-refractivity contribution in [2.75, 3.05) is 6.26 Å². The first-order valence-electron chi connectivity index (χ1n) is 7.70. The van der Waals surface area contributed by atoms with Crippen molar-refractivity contribution < 1.29 is 4.21 Å². The molecule has 0 radical (unpaired) electrons. The highest BCUT2D eigenvalue weighted by Gasteiger charge is 2.09. The molecule has 0 aliphatic rings. The molecule has 0 spiro atoms. The van der Waals surface area contributed by atoms with Crippen molar-refractivity contribution in [2.24, 2.45) is 0 Å².